The minimum atomic E-state index is -3.73. The van der Waals surface area contributed by atoms with Crippen LogP contribution in [-0.4, -0.2) is 54.7 Å². The summed E-state index contributed by atoms with van der Waals surface area (Å²) in [4.78, 5) is 0.144. The zero-order valence-electron chi connectivity index (χ0n) is 15.3. The molecule has 0 spiro atoms. The molecule has 0 radical (unpaired) electrons. The topological polar surface area (TPSA) is 71.1 Å². The second kappa shape index (κ2) is 13.7. The van der Waals surface area contributed by atoms with Gasteiger partial charge in [-0.1, -0.05) is 17.7 Å². The Balaban J connectivity index is 1.95. The van der Waals surface area contributed by atoms with Gasteiger partial charge in [-0.25, -0.2) is 0 Å². The number of benzene rings is 1. The lowest BCUT2D eigenvalue weighted by molar-refractivity contribution is 0.00921. The van der Waals surface area contributed by atoms with Crippen LogP contribution in [0.3, 0.4) is 0 Å². The Bertz CT molecular complexity index is 618. The smallest absolute Gasteiger partial charge is 0.297 e. The van der Waals surface area contributed by atoms with E-state index in [2.05, 4.69) is 5.92 Å². The van der Waals surface area contributed by atoms with Gasteiger partial charge in [-0.15, -0.1) is 12.3 Å². The predicted molar refractivity (Wildman–Crippen MR) is 99.5 cm³/mol. The standard InChI is InChI=1S/C19H28O6S/c1-3-4-5-6-11-22-12-13-23-14-15-24-16-17-25-26(20,21)19-9-7-18(2)8-10-19/h1,7-10H,4-6,11-17H2,2H3. The molecule has 0 aliphatic heterocycles. The predicted octanol–water partition coefficient (Wildman–Crippen LogP) is 2.55. The number of ether oxygens (including phenoxy) is 3. The highest BCUT2D eigenvalue weighted by Crippen LogP contribution is 2.12. The molecule has 0 N–H and O–H groups in total. The van der Waals surface area contributed by atoms with Crippen LogP contribution in [0, 0.1) is 19.3 Å². The quantitative estimate of drug-likeness (QED) is 0.263. The highest BCUT2D eigenvalue weighted by Gasteiger charge is 2.14. The Hall–Kier alpha value is -1.43. The van der Waals surface area contributed by atoms with Gasteiger partial charge in [-0.2, -0.15) is 8.42 Å². The van der Waals surface area contributed by atoms with Crippen molar-refractivity contribution in [2.75, 3.05) is 46.2 Å². The van der Waals surface area contributed by atoms with Crippen LogP contribution in [0.4, 0.5) is 0 Å². The summed E-state index contributed by atoms with van der Waals surface area (Å²) in [5.74, 6) is 2.59. The van der Waals surface area contributed by atoms with Crippen molar-refractivity contribution in [2.24, 2.45) is 0 Å². The van der Waals surface area contributed by atoms with Crippen LogP contribution >= 0.6 is 0 Å². The molecule has 0 saturated heterocycles. The summed E-state index contributed by atoms with van der Waals surface area (Å²) in [6, 6.07) is 6.50. The molecule has 1 aromatic carbocycles. The maximum atomic E-state index is 11.9. The average Bonchev–Trinajstić information content (AvgIpc) is 2.62. The molecule has 146 valence electrons. The molecule has 1 rings (SSSR count). The van der Waals surface area contributed by atoms with E-state index in [1.54, 1.807) is 12.1 Å². The molecule has 1 aromatic rings. The minimum absolute atomic E-state index is 0.0308. The zero-order valence-corrected chi connectivity index (χ0v) is 16.1. The number of terminal acetylenes is 1. The molecule has 0 fully saturated rings. The monoisotopic (exact) mass is 384 g/mol. The fraction of sp³-hybridized carbons (Fsp3) is 0.579. The van der Waals surface area contributed by atoms with E-state index in [1.807, 2.05) is 6.92 Å². The van der Waals surface area contributed by atoms with Crippen LogP contribution in [0.25, 0.3) is 0 Å². The highest BCUT2D eigenvalue weighted by atomic mass is 32.2. The molecule has 0 aliphatic carbocycles. The Kier molecular flexibility index (Phi) is 11.9. The molecule has 6 nitrogen and oxygen atoms in total. The first-order valence-corrected chi connectivity index (χ1v) is 10.1. The van der Waals surface area contributed by atoms with Gasteiger partial charge >= 0.3 is 0 Å². The lowest BCUT2D eigenvalue weighted by Gasteiger charge is -2.08. The summed E-state index contributed by atoms with van der Waals surface area (Å²) in [6.07, 6.45) is 7.88. The summed E-state index contributed by atoms with van der Waals surface area (Å²) in [5.41, 5.74) is 0.988. The van der Waals surface area contributed by atoms with Crippen molar-refractivity contribution in [3.05, 3.63) is 29.8 Å². The van der Waals surface area contributed by atoms with Gasteiger partial charge < -0.3 is 14.2 Å². The first-order valence-electron chi connectivity index (χ1n) is 8.69. The summed E-state index contributed by atoms with van der Waals surface area (Å²) in [5, 5.41) is 0. The molecule has 0 amide bonds. The average molecular weight is 384 g/mol. The van der Waals surface area contributed by atoms with Gasteiger partial charge in [0, 0.05) is 13.0 Å². The van der Waals surface area contributed by atoms with Crippen molar-refractivity contribution >= 4 is 10.1 Å². The fourth-order valence-electron chi connectivity index (χ4n) is 1.95. The maximum Gasteiger partial charge on any atom is 0.297 e. The van der Waals surface area contributed by atoms with Gasteiger partial charge in [0.2, 0.25) is 0 Å². The third-order valence-electron chi connectivity index (χ3n) is 3.38. The molecular weight excluding hydrogens is 356 g/mol. The summed E-state index contributed by atoms with van der Waals surface area (Å²) in [7, 11) is -3.73. The van der Waals surface area contributed by atoms with E-state index in [9.17, 15) is 8.42 Å². The summed E-state index contributed by atoms with van der Waals surface area (Å²) < 4.78 is 44.8. The largest absolute Gasteiger partial charge is 0.379 e. The fourth-order valence-corrected chi connectivity index (χ4v) is 2.84. The molecule has 7 heteroatoms. The number of aryl methyl sites for hydroxylation is 1. The van der Waals surface area contributed by atoms with Crippen LogP contribution in [0.15, 0.2) is 29.2 Å². The van der Waals surface area contributed by atoms with E-state index in [4.69, 9.17) is 24.8 Å². The summed E-state index contributed by atoms with van der Waals surface area (Å²) in [6.45, 7) is 4.55. The van der Waals surface area contributed by atoms with Gasteiger partial charge in [0.05, 0.1) is 44.5 Å². The second-order valence-electron chi connectivity index (χ2n) is 5.59. The molecule has 0 aliphatic rings. The molecular formula is C19H28O6S. The molecule has 0 bridgehead atoms. The molecule has 0 heterocycles. The Morgan fingerprint density at radius 3 is 1.96 bits per heavy atom. The molecule has 0 saturated carbocycles. The lowest BCUT2D eigenvalue weighted by atomic mass is 10.2. The third-order valence-corrected chi connectivity index (χ3v) is 4.71. The van der Waals surface area contributed by atoms with Crippen molar-refractivity contribution in [2.45, 2.75) is 31.1 Å². The van der Waals surface area contributed by atoms with E-state index < -0.39 is 10.1 Å². The Morgan fingerprint density at radius 2 is 1.38 bits per heavy atom. The van der Waals surface area contributed by atoms with Gasteiger partial charge in [0.15, 0.2) is 0 Å². The van der Waals surface area contributed by atoms with Crippen molar-refractivity contribution < 1.29 is 26.8 Å². The minimum Gasteiger partial charge on any atom is -0.379 e. The normalized spacial score (nSPS) is 11.4. The van der Waals surface area contributed by atoms with E-state index in [-0.39, 0.29) is 18.1 Å². The third kappa shape index (κ3) is 10.5. The van der Waals surface area contributed by atoms with Crippen molar-refractivity contribution in [3.8, 4) is 12.3 Å². The van der Waals surface area contributed by atoms with Crippen LogP contribution in [0.1, 0.15) is 24.8 Å². The van der Waals surface area contributed by atoms with Crippen molar-refractivity contribution in [1.82, 2.24) is 0 Å². The van der Waals surface area contributed by atoms with Crippen molar-refractivity contribution in [3.63, 3.8) is 0 Å². The van der Waals surface area contributed by atoms with Gasteiger partial charge in [0.1, 0.15) is 0 Å². The Morgan fingerprint density at radius 1 is 0.846 bits per heavy atom. The van der Waals surface area contributed by atoms with Crippen molar-refractivity contribution in [1.29, 1.82) is 0 Å². The van der Waals surface area contributed by atoms with Gasteiger partial charge in [0.25, 0.3) is 10.1 Å². The van der Waals surface area contributed by atoms with Crippen LogP contribution in [-0.2, 0) is 28.5 Å². The first kappa shape index (κ1) is 22.6. The molecule has 0 aromatic heterocycles. The van der Waals surface area contributed by atoms with Gasteiger partial charge in [-0.05, 0) is 31.9 Å². The van der Waals surface area contributed by atoms with E-state index in [0.29, 0.717) is 33.0 Å². The molecule has 0 atom stereocenters. The number of unbranched alkanes of at least 4 members (excludes halogenated alkanes) is 2. The Labute approximate surface area is 156 Å². The number of hydrogen-bond donors (Lipinski definition) is 0. The van der Waals surface area contributed by atoms with Crippen LogP contribution in [0.5, 0.6) is 0 Å². The number of hydrogen-bond acceptors (Lipinski definition) is 6. The lowest BCUT2D eigenvalue weighted by Crippen LogP contribution is -2.14. The van der Waals surface area contributed by atoms with E-state index in [1.165, 1.54) is 12.1 Å². The second-order valence-corrected chi connectivity index (χ2v) is 7.20. The SMILES string of the molecule is C#CCCCCOCCOCCOCCOS(=O)(=O)c1ccc(C)cc1. The zero-order chi connectivity index (χ0) is 19.1. The molecule has 0 unspecified atom stereocenters. The van der Waals surface area contributed by atoms with E-state index in [0.717, 1.165) is 24.8 Å². The van der Waals surface area contributed by atoms with Crippen LogP contribution < -0.4 is 0 Å². The van der Waals surface area contributed by atoms with E-state index >= 15 is 0 Å². The summed E-state index contributed by atoms with van der Waals surface area (Å²) >= 11 is 0. The number of rotatable bonds is 15. The van der Waals surface area contributed by atoms with Crippen LogP contribution in [0.2, 0.25) is 0 Å². The first-order chi connectivity index (χ1) is 12.6. The highest BCUT2D eigenvalue weighted by molar-refractivity contribution is 7.86. The maximum absolute atomic E-state index is 11.9. The molecule has 26 heavy (non-hydrogen) atoms. The van der Waals surface area contributed by atoms with Gasteiger partial charge in [-0.3, -0.25) is 4.18 Å².